The molecule has 2 N–H and O–H groups in total. The summed E-state index contributed by atoms with van der Waals surface area (Å²) in [6.07, 6.45) is 5.21. The van der Waals surface area contributed by atoms with E-state index in [1.807, 2.05) is 6.92 Å². The van der Waals surface area contributed by atoms with Crippen LogP contribution in [0.1, 0.15) is 39.5 Å². The van der Waals surface area contributed by atoms with Crippen molar-refractivity contribution in [3.63, 3.8) is 0 Å². The molecule has 3 nitrogen and oxygen atoms in total. The molecule has 1 heterocycles. The van der Waals surface area contributed by atoms with Crippen molar-refractivity contribution in [3.8, 4) is 0 Å². The van der Waals surface area contributed by atoms with E-state index in [1.54, 1.807) is 0 Å². The molecule has 1 saturated carbocycles. The standard InChI is InChI=1S/C13H22N2O/c1-9(12-7-14-8-12)13(16)15-10(2)11-5-3-4-6-11/h10-11,14H,3-8H2,1-2H3,(H,15,16)/t10-/m0/s1. The molecule has 1 aliphatic carbocycles. The highest BCUT2D eigenvalue weighted by Gasteiger charge is 2.24. The Kier molecular flexibility index (Phi) is 3.64. The fraction of sp³-hybridized carbons (Fsp3) is 0.769. The van der Waals surface area contributed by atoms with Gasteiger partial charge in [-0.05, 0) is 38.2 Å². The first-order valence-electron chi connectivity index (χ1n) is 6.38. The van der Waals surface area contributed by atoms with E-state index in [2.05, 4.69) is 17.6 Å². The van der Waals surface area contributed by atoms with Gasteiger partial charge in [0.15, 0.2) is 0 Å². The Morgan fingerprint density at radius 3 is 2.50 bits per heavy atom. The zero-order valence-corrected chi connectivity index (χ0v) is 10.3. The molecule has 0 bridgehead atoms. The van der Waals surface area contributed by atoms with E-state index in [0.717, 1.165) is 18.7 Å². The maximum absolute atomic E-state index is 11.9. The Morgan fingerprint density at radius 1 is 1.38 bits per heavy atom. The van der Waals surface area contributed by atoms with Gasteiger partial charge in [0.25, 0.3) is 0 Å². The lowest BCUT2D eigenvalue weighted by atomic mass is 9.98. The molecule has 2 rings (SSSR count). The van der Waals surface area contributed by atoms with Crippen LogP contribution in [0.2, 0.25) is 0 Å². The second-order valence-corrected chi connectivity index (χ2v) is 5.14. The van der Waals surface area contributed by atoms with E-state index in [1.165, 1.54) is 31.3 Å². The minimum atomic E-state index is 0.135. The van der Waals surface area contributed by atoms with Crippen molar-refractivity contribution in [1.82, 2.24) is 10.6 Å². The SMILES string of the molecule is CC(C(=O)N[C@@H](C)C1CCCC1)=C1CNC1. The number of amides is 1. The fourth-order valence-corrected chi connectivity index (χ4v) is 2.57. The van der Waals surface area contributed by atoms with Crippen LogP contribution in [0.15, 0.2) is 11.1 Å². The normalized spacial score (nSPS) is 22.8. The Bertz CT molecular complexity index is 297. The second kappa shape index (κ2) is 5.00. The number of hydrogen-bond donors (Lipinski definition) is 2. The molecule has 0 aromatic rings. The van der Waals surface area contributed by atoms with E-state index < -0.39 is 0 Å². The zero-order chi connectivity index (χ0) is 11.5. The van der Waals surface area contributed by atoms with Crippen LogP contribution in [0, 0.1) is 5.92 Å². The Labute approximate surface area is 97.7 Å². The molecule has 0 aromatic carbocycles. The van der Waals surface area contributed by atoms with Gasteiger partial charge in [-0.2, -0.15) is 0 Å². The molecule has 2 aliphatic rings. The predicted molar refractivity (Wildman–Crippen MR) is 65.1 cm³/mol. The van der Waals surface area contributed by atoms with Crippen LogP contribution in [-0.2, 0) is 4.79 Å². The van der Waals surface area contributed by atoms with Gasteiger partial charge in [0.05, 0.1) is 0 Å². The fourth-order valence-electron chi connectivity index (χ4n) is 2.57. The third-order valence-electron chi connectivity index (χ3n) is 4.01. The topological polar surface area (TPSA) is 41.1 Å². The quantitative estimate of drug-likeness (QED) is 0.712. The molecule has 90 valence electrons. The van der Waals surface area contributed by atoms with Gasteiger partial charge in [-0.3, -0.25) is 4.79 Å². The van der Waals surface area contributed by atoms with E-state index in [4.69, 9.17) is 0 Å². The van der Waals surface area contributed by atoms with E-state index in [9.17, 15) is 4.79 Å². The Morgan fingerprint density at radius 2 is 2.00 bits per heavy atom. The highest BCUT2D eigenvalue weighted by atomic mass is 16.1. The molecule has 1 saturated heterocycles. The maximum atomic E-state index is 11.9. The van der Waals surface area contributed by atoms with Crippen molar-refractivity contribution in [3.05, 3.63) is 11.1 Å². The number of carbonyl (C=O) groups excluding carboxylic acids is 1. The first kappa shape index (κ1) is 11.6. The summed E-state index contributed by atoms with van der Waals surface area (Å²) in [7, 11) is 0. The molecule has 0 radical (unpaired) electrons. The lowest BCUT2D eigenvalue weighted by Crippen LogP contribution is -2.41. The largest absolute Gasteiger partial charge is 0.350 e. The van der Waals surface area contributed by atoms with Crippen molar-refractivity contribution >= 4 is 5.91 Å². The summed E-state index contributed by atoms with van der Waals surface area (Å²) >= 11 is 0. The van der Waals surface area contributed by atoms with Crippen molar-refractivity contribution in [2.75, 3.05) is 13.1 Å². The summed E-state index contributed by atoms with van der Waals surface area (Å²) in [5, 5.41) is 6.31. The summed E-state index contributed by atoms with van der Waals surface area (Å²) < 4.78 is 0. The Balaban J connectivity index is 1.86. The van der Waals surface area contributed by atoms with Gasteiger partial charge in [-0.1, -0.05) is 12.8 Å². The van der Waals surface area contributed by atoms with Gasteiger partial charge in [-0.25, -0.2) is 0 Å². The maximum Gasteiger partial charge on any atom is 0.247 e. The van der Waals surface area contributed by atoms with Crippen LogP contribution >= 0.6 is 0 Å². The van der Waals surface area contributed by atoms with E-state index >= 15 is 0 Å². The molecule has 3 heteroatoms. The Hall–Kier alpha value is -0.830. The summed E-state index contributed by atoms with van der Waals surface area (Å²) in [6.45, 7) is 5.85. The van der Waals surface area contributed by atoms with Crippen LogP contribution < -0.4 is 10.6 Å². The van der Waals surface area contributed by atoms with Crippen LogP contribution in [0.3, 0.4) is 0 Å². The smallest absolute Gasteiger partial charge is 0.247 e. The van der Waals surface area contributed by atoms with E-state index in [0.29, 0.717) is 12.0 Å². The van der Waals surface area contributed by atoms with Crippen molar-refractivity contribution < 1.29 is 4.79 Å². The minimum Gasteiger partial charge on any atom is -0.350 e. The van der Waals surface area contributed by atoms with Crippen LogP contribution in [0.25, 0.3) is 0 Å². The molecule has 0 spiro atoms. The van der Waals surface area contributed by atoms with Gasteiger partial charge in [0.2, 0.25) is 5.91 Å². The van der Waals surface area contributed by atoms with Gasteiger partial charge in [-0.15, -0.1) is 0 Å². The molecule has 1 aliphatic heterocycles. The first-order chi connectivity index (χ1) is 7.68. The van der Waals surface area contributed by atoms with Crippen LogP contribution in [-0.4, -0.2) is 25.0 Å². The van der Waals surface area contributed by atoms with Crippen molar-refractivity contribution in [2.45, 2.75) is 45.6 Å². The number of hydrogen-bond acceptors (Lipinski definition) is 2. The lowest BCUT2D eigenvalue weighted by molar-refractivity contribution is -0.118. The third-order valence-corrected chi connectivity index (χ3v) is 4.01. The lowest BCUT2D eigenvalue weighted by Gasteiger charge is -2.24. The molecule has 16 heavy (non-hydrogen) atoms. The van der Waals surface area contributed by atoms with Crippen LogP contribution in [0.5, 0.6) is 0 Å². The molecule has 1 amide bonds. The molecule has 0 aromatic heterocycles. The van der Waals surface area contributed by atoms with Crippen molar-refractivity contribution in [1.29, 1.82) is 0 Å². The predicted octanol–water partition coefficient (Wildman–Crippen LogP) is 1.60. The summed E-state index contributed by atoms with van der Waals surface area (Å²) in [5.41, 5.74) is 2.18. The van der Waals surface area contributed by atoms with Gasteiger partial charge < -0.3 is 10.6 Å². The minimum absolute atomic E-state index is 0.135. The summed E-state index contributed by atoms with van der Waals surface area (Å²) in [5.74, 6) is 0.831. The monoisotopic (exact) mass is 222 g/mol. The summed E-state index contributed by atoms with van der Waals surface area (Å²) in [4.78, 5) is 11.9. The second-order valence-electron chi connectivity index (χ2n) is 5.14. The van der Waals surface area contributed by atoms with Crippen molar-refractivity contribution in [2.24, 2.45) is 5.92 Å². The highest BCUT2D eigenvalue weighted by Crippen LogP contribution is 2.27. The molecular formula is C13H22N2O. The molecule has 2 fully saturated rings. The zero-order valence-electron chi connectivity index (χ0n) is 10.3. The average Bonchev–Trinajstić information content (AvgIpc) is 2.67. The number of rotatable bonds is 3. The van der Waals surface area contributed by atoms with Gasteiger partial charge >= 0.3 is 0 Å². The third kappa shape index (κ3) is 2.46. The van der Waals surface area contributed by atoms with Gasteiger partial charge in [0, 0.05) is 24.7 Å². The highest BCUT2D eigenvalue weighted by molar-refractivity contribution is 5.94. The molecule has 1 atom stereocenters. The number of carbonyl (C=O) groups is 1. The molecular weight excluding hydrogens is 200 g/mol. The number of nitrogens with one attached hydrogen (secondary N) is 2. The first-order valence-corrected chi connectivity index (χ1v) is 6.38. The summed E-state index contributed by atoms with van der Waals surface area (Å²) in [6, 6.07) is 0.332. The van der Waals surface area contributed by atoms with Crippen LogP contribution in [0.4, 0.5) is 0 Å². The van der Waals surface area contributed by atoms with E-state index in [-0.39, 0.29) is 5.91 Å². The average molecular weight is 222 g/mol. The molecule has 0 unspecified atom stereocenters. The van der Waals surface area contributed by atoms with Gasteiger partial charge in [0.1, 0.15) is 0 Å².